The Balaban J connectivity index is 1.38. The van der Waals surface area contributed by atoms with E-state index in [9.17, 15) is 32.0 Å². The summed E-state index contributed by atoms with van der Waals surface area (Å²) in [4.78, 5) is 62.4. The summed E-state index contributed by atoms with van der Waals surface area (Å²) in [5.41, 5.74) is -2.42. The molecule has 306 valence electrons. The third-order valence-corrected chi connectivity index (χ3v) is 13.7. The second-order valence-electron chi connectivity index (χ2n) is 17.1. The van der Waals surface area contributed by atoms with Gasteiger partial charge in [-0.05, 0) is 96.3 Å². The van der Waals surface area contributed by atoms with Gasteiger partial charge in [0.2, 0.25) is 27.7 Å². The number of alkyl carbamates (subject to hydrolysis) is 1. The molecule has 16 heteroatoms. The summed E-state index contributed by atoms with van der Waals surface area (Å²) in [6.07, 6.45) is 7.08. The Morgan fingerprint density at radius 2 is 1.88 bits per heavy atom. The molecule has 0 radical (unpaired) electrons. The van der Waals surface area contributed by atoms with Crippen LogP contribution in [-0.4, -0.2) is 89.8 Å². The summed E-state index contributed by atoms with van der Waals surface area (Å²) < 4.78 is 59.5. The Kier molecular flexibility index (Phi) is 11.4. The van der Waals surface area contributed by atoms with Crippen molar-refractivity contribution in [3.05, 3.63) is 42.4 Å². The predicted molar refractivity (Wildman–Crippen MR) is 206 cm³/mol. The highest BCUT2D eigenvalue weighted by Gasteiger charge is 2.63. The lowest BCUT2D eigenvalue weighted by molar-refractivity contribution is -0.142. The number of aromatic nitrogens is 1. The molecular weight excluding hydrogens is 746 g/mol. The van der Waals surface area contributed by atoms with Gasteiger partial charge in [0.25, 0.3) is 5.91 Å². The van der Waals surface area contributed by atoms with Crippen LogP contribution in [0.2, 0.25) is 0 Å². The van der Waals surface area contributed by atoms with Gasteiger partial charge in [0.1, 0.15) is 40.9 Å². The lowest BCUT2D eigenvalue weighted by Crippen LogP contribution is -2.59. The number of carbonyl (C=O) groups excluding carboxylic acids is 4. The number of nitrogens with one attached hydrogen (secondary N) is 3. The lowest BCUT2D eigenvalue weighted by Gasteiger charge is -2.34. The second-order valence-corrected chi connectivity index (χ2v) is 19.3. The number of hydrogen-bond donors (Lipinski definition) is 3. The average molecular weight is 800 g/mol. The van der Waals surface area contributed by atoms with Crippen molar-refractivity contribution in [1.29, 1.82) is 0 Å². The van der Waals surface area contributed by atoms with Gasteiger partial charge in [-0.3, -0.25) is 19.1 Å². The summed E-state index contributed by atoms with van der Waals surface area (Å²) in [5, 5.41) is 6.56. The van der Waals surface area contributed by atoms with Gasteiger partial charge in [0, 0.05) is 17.7 Å². The predicted octanol–water partition coefficient (Wildman–Crippen LogP) is 4.90. The number of nitrogens with zero attached hydrogens (tertiary/aromatic N) is 2. The van der Waals surface area contributed by atoms with Crippen LogP contribution in [0.25, 0.3) is 10.8 Å². The number of ether oxygens (including phenoxy) is 3. The number of amides is 4. The first-order valence-electron chi connectivity index (χ1n) is 19.4. The van der Waals surface area contributed by atoms with Crippen molar-refractivity contribution in [3.63, 3.8) is 0 Å². The van der Waals surface area contributed by atoms with E-state index in [1.165, 1.54) is 30.3 Å². The third-order valence-electron chi connectivity index (χ3n) is 11.6. The fourth-order valence-electron chi connectivity index (χ4n) is 7.83. The normalized spacial score (nSPS) is 29.2. The minimum absolute atomic E-state index is 0.0526. The zero-order valence-corrected chi connectivity index (χ0v) is 34.0. The monoisotopic (exact) mass is 799 g/mol. The number of allylic oxidation sites excluding steroid dienone is 1. The van der Waals surface area contributed by atoms with E-state index >= 15 is 0 Å². The van der Waals surface area contributed by atoms with E-state index in [-0.39, 0.29) is 37.1 Å². The van der Waals surface area contributed by atoms with Crippen LogP contribution >= 0.6 is 0 Å². The smallest absolute Gasteiger partial charge is 0.408 e. The number of rotatable bonds is 8. The summed E-state index contributed by atoms with van der Waals surface area (Å²) in [5.74, 6) is -2.82. The number of methoxy groups -OCH3 is 1. The van der Waals surface area contributed by atoms with Gasteiger partial charge in [-0.25, -0.2) is 22.6 Å². The Bertz CT molecular complexity index is 2020. The number of carbonyl (C=O) groups is 4. The highest BCUT2D eigenvalue weighted by atomic mass is 32.2. The fraction of sp³-hybridized carbons (Fsp3) is 0.625. The van der Waals surface area contributed by atoms with Crippen LogP contribution in [0.4, 0.5) is 9.18 Å². The molecule has 0 spiro atoms. The molecule has 7 unspecified atom stereocenters. The maximum absolute atomic E-state index is 14.9. The largest absolute Gasteiger partial charge is 0.494 e. The molecule has 1 aromatic carbocycles. The van der Waals surface area contributed by atoms with E-state index < -0.39 is 79.6 Å². The molecule has 1 saturated heterocycles. The molecule has 3 N–H and O–H groups in total. The fourth-order valence-corrected chi connectivity index (χ4v) is 9.14. The molecule has 2 aliphatic heterocycles. The minimum atomic E-state index is -4.03. The van der Waals surface area contributed by atoms with Gasteiger partial charge >= 0.3 is 6.09 Å². The van der Waals surface area contributed by atoms with Crippen molar-refractivity contribution in [2.45, 2.75) is 127 Å². The van der Waals surface area contributed by atoms with Crippen molar-refractivity contribution in [2.75, 3.05) is 13.7 Å². The third kappa shape index (κ3) is 8.59. The van der Waals surface area contributed by atoms with Crippen LogP contribution in [0.15, 0.2) is 36.5 Å². The Labute approximate surface area is 327 Å². The molecule has 2 aliphatic carbocycles. The summed E-state index contributed by atoms with van der Waals surface area (Å²) in [6, 6.07) is 1.80. The van der Waals surface area contributed by atoms with Crippen molar-refractivity contribution in [1.82, 2.24) is 25.2 Å². The van der Waals surface area contributed by atoms with Crippen LogP contribution in [0, 0.1) is 23.6 Å². The zero-order valence-electron chi connectivity index (χ0n) is 33.1. The van der Waals surface area contributed by atoms with Crippen molar-refractivity contribution < 1.29 is 46.2 Å². The first kappa shape index (κ1) is 41.2. The number of pyridine rings is 1. The van der Waals surface area contributed by atoms with Crippen molar-refractivity contribution in [3.8, 4) is 11.6 Å². The van der Waals surface area contributed by atoms with Crippen LogP contribution < -0.4 is 24.8 Å². The quantitative estimate of drug-likeness (QED) is 0.311. The highest BCUT2D eigenvalue weighted by Crippen LogP contribution is 2.48. The molecule has 56 heavy (non-hydrogen) atoms. The number of halogens is 1. The molecule has 2 aromatic rings. The SMILES string of the molecule is CCC1CC(C)CCC=CC2CC2(C(=O)NS(=O)(=O)C2(C)CC2)NC(=O)C2CC(Oc3ncc(OC)c4ccc(F)cc34)CN2C(=O)C1NC(=O)OC(C)(C)C. The Morgan fingerprint density at radius 1 is 1.14 bits per heavy atom. The van der Waals surface area contributed by atoms with E-state index in [2.05, 4.69) is 27.3 Å². The Hall–Kier alpha value is -4.47. The lowest BCUT2D eigenvalue weighted by atomic mass is 9.85. The zero-order chi connectivity index (χ0) is 40.8. The standard InChI is InChI=1S/C40H54FN5O9S/c1-8-24-17-23(2)11-9-10-12-25-20-40(25,36(49)45-56(51,52)39(6)15-16-39)44-33(47)30-19-27(22-46(30)35(48)32(24)43-37(50)55-38(3,4)5)54-34-29-18-26(41)13-14-28(29)31(53-7)21-42-34/h10,12-14,18,21,23-25,27,30,32H,8-9,11,15-17,19-20,22H2,1-7H3,(H,43,50)(H,44,47)(H,45,49). The van der Waals surface area contributed by atoms with Gasteiger partial charge in [-0.1, -0.05) is 32.4 Å². The van der Waals surface area contributed by atoms with E-state index in [0.717, 1.165) is 6.42 Å². The van der Waals surface area contributed by atoms with Crippen molar-refractivity contribution in [2.24, 2.45) is 17.8 Å². The molecule has 2 saturated carbocycles. The molecule has 6 rings (SSSR count). The van der Waals surface area contributed by atoms with E-state index in [0.29, 0.717) is 48.6 Å². The maximum Gasteiger partial charge on any atom is 0.408 e. The van der Waals surface area contributed by atoms with Gasteiger partial charge in [-0.15, -0.1) is 0 Å². The minimum Gasteiger partial charge on any atom is -0.494 e. The number of fused-ring (bicyclic) bond motifs is 3. The molecule has 7 atom stereocenters. The molecule has 14 nitrogen and oxygen atoms in total. The summed E-state index contributed by atoms with van der Waals surface area (Å²) in [6.45, 7) is 10.6. The van der Waals surface area contributed by atoms with E-state index in [4.69, 9.17) is 14.2 Å². The topological polar surface area (TPSA) is 182 Å². The maximum atomic E-state index is 14.9. The summed E-state index contributed by atoms with van der Waals surface area (Å²) in [7, 11) is -2.56. The molecular formula is C40H54FN5O9S. The van der Waals surface area contributed by atoms with Gasteiger partial charge in [0.05, 0.1) is 30.0 Å². The van der Waals surface area contributed by atoms with Crippen molar-refractivity contribution >= 4 is 44.6 Å². The van der Waals surface area contributed by atoms with Gasteiger partial charge < -0.3 is 29.7 Å². The number of hydrogen-bond acceptors (Lipinski definition) is 10. The first-order chi connectivity index (χ1) is 26.3. The van der Waals surface area contributed by atoms with E-state index in [1.54, 1.807) is 33.8 Å². The number of benzene rings is 1. The van der Waals surface area contributed by atoms with E-state index in [1.807, 2.05) is 19.1 Å². The first-order valence-corrected chi connectivity index (χ1v) is 20.9. The second kappa shape index (κ2) is 15.5. The van der Waals surface area contributed by atoms with Gasteiger partial charge in [0.15, 0.2) is 0 Å². The molecule has 0 bridgehead atoms. The highest BCUT2D eigenvalue weighted by molar-refractivity contribution is 7.91. The van der Waals surface area contributed by atoms with Crippen LogP contribution in [0.3, 0.4) is 0 Å². The molecule has 3 fully saturated rings. The van der Waals surface area contributed by atoms with Crippen LogP contribution in [-0.2, 0) is 29.1 Å². The molecule has 3 heterocycles. The van der Waals surface area contributed by atoms with Crippen LogP contribution in [0.1, 0.15) is 92.9 Å². The molecule has 1 aromatic heterocycles. The van der Waals surface area contributed by atoms with Gasteiger partial charge in [-0.2, -0.15) is 0 Å². The molecule has 4 amide bonds. The summed E-state index contributed by atoms with van der Waals surface area (Å²) >= 11 is 0. The Morgan fingerprint density at radius 3 is 2.54 bits per heavy atom. The average Bonchev–Trinajstić information content (AvgIpc) is 4.00. The number of sulfonamides is 1. The molecule has 4 aliphatic rings. The van der Waals surface area contributed by atoms with Crippen LogP contribution in [0.5, 0.6) is 11.6 Å².